The number of rotatable bonds is 3. The number of halogens is 1. The largest absolute Gasteiger partial charge is 0.506 e. The zero-order valence-corrected chi connectivity index (χ0v) is 16.1. The van der Waals surface area contributed by atoms with E-state index in [9.17, 15) is 9.90 Å². The van der Waals surface area contributed by atoms with Crippen molar-refractivity contribution in [2.45, 2.75) is 0 Å². The van der Waals surface area contributed by atoms with E-state index in [1.165, 1.54) is 11.7 Å². The number of aromatic nitrogens is 1. The second-order valence-electron chi connectivity index (χ2n) is 5.79. The maximum atomic E-state index is 12.9. The fraction of sp³-hybridized carbons (Fsp3) is 0.158. The summed E-state index contributed by atoms with van der Waals surface area (Å²) in [7, 11) is 4.85. The van der Waals surface area contributed by atoms with Gasteiger partial charge in [0, 0.05) is 25.2 Å². The molecule has 7 heteroatoms. The SMILES string of the molecule is COc1cc2c(O)c(C(=S)N(C)c3ccccc3)c(=O)n(C)c2cc1Cl. The number of hydrogen-bond donors (Lipinski definition) is 1. The third kappa shape index (κ3) is 2.91. The van der Waals surface area contributed by atoms with Gasteiger partial charge < -0.3 is 19.3 Å². The molecule has 26 heavy (non-hydrogen) atoms. The Balaban J connectivity index is 2.25. The smallest absolute Gasteiger partial charge is 0.264 e. The van der Waals surface area contributed by atoms with E-state index in [4.69, 9.17) is 28.6 Å². The Morgan fingerprint density at radius 1 is 1.27 bits per heavy atom. The molecule has 0 atom stereocenters. The highest BCUT2D eigenvalue weighted by Gasteiger charge is 2.22. The van der Waals surface area contributed by atoms with E-state index in [0.29, 0.717) is 21.7 Å². The number of para-hydroxylation sites is 1. The van der Waals surface area contributed by atoms with Gasteiger partial charge in [0.1, 0.15) is 22.1 Å². The molecule has 3 rings (SSSR count). The van der Waals surface area contributed by atoms with Crippen molar-refractivity contribution in [3.8, 4) is 11.5 Å². The normalized spacial score (nSPS) is 10.8. The maximum Gasteiger partial charge on any atom is 0.264 e. The summed E-state index contributed by atoms with van der Waals surface area (Å²) < 4.78 is 6.64. The van der Waals surface area contributed by atoms with Crippen LogP contribution in [0.15, 0.2) is 47.3 Å². The Hall–Kier alpha value is -2.57. The molecule has 0 bridgehead atoms. The van der Waals surface area contributed by atoms with Gasteiger partial charge in [0.05, 0.1) is 17.6 Å². The van der Waals surface area contributed by atoms with Crippen LogP contribution < -0.4 is 15.2 Å². The molecule has 0 aliphatic heterocycles. The highest BCUT2D eigenvalue weighted by molar-refractivity contribution is 7.81. The lowest BCUT2D eigenvalue weighted by atomic mass is 10.1. The molecule has 1 heterocycles. The van der Waals surface area contributed by atoms with Crippen LogP contribution in [0, 0.1) is 0 Å². The van der Waals surface area contributed by atoms with Gasteiger partial charge in [-0.05, 0) is 24.3 Å². The molecular weight excluding hydrogens is 372 g/mol. The van der Waals surface area contributed by atoms with E-state index >= 15 is 0 Å². The van der Waals surface area contributed by atoms with Crippen LogP contribution in [0.4, 0.5) is 5.69 Å². The van der Waals surface area contributed by atoms with Crippen molar-refractivity contribution in [2.24, 2.45) is 7.05 Å². The fourth-order valence-electron chi connectivity index (χ4n) is 2.81. The topological polar surface area (TPSA) is 54.7 Å². The highest BCUT2D eigenvalue weighted by atomic mass is 35.5. The third-order valence-corrected chi connectivity index (χ3v) is 5.08. The quantitative estimate of drug-likeness (QED) is 0.693. The van der Waals surface area contributed by atoms with Crippen molar-refractivity contribution in [2.75, 3.05) is 19.1 Å². The first-order chi connectivity index (χ1) is 12.4. The monoisotopic (exact) mass is 388 g/mol. The van der Waals surface area contributed by atoms with E-state index in [1.807, 2.05) is 30.3 Å². The van der Waals surface area contributed by atoms with Gasteiger partial charge >= 0.3 is 0 Å². The molecule has 134 valence electrons. The van der Waals surface area contributed by atoms with Gasteiger partial charge in [0.25, 0.3) is 5.56 Å². The molecule has 0 aliphatic rings. The zero-order chi connectivity index (χ0) is 19.0. The molecule has 0 spiro atoms. The van der Waals surface area contributed by atoms with Crippen LogP contribution in [0.3, 0.4) is 0 Å². The summed E-state index contributed by atoms with van der Waals surface area (Å²) in [6.45, 7) is 0. The molecule has 0 saturated carbocycles. The van der Waals surface area contributed by atoms with Gasteiger partial charge in [-0.3, -0.25) is 4.79 Å². The fourth-order valence-corrected chi connectivity index (χ4v) is 3.33. The second-order valence-corrected chi connectivity index (χ2v) is 6.59. The van der Waals surface area contributed by atoms with Crippen LogP contribution in [0.5, 0.6) is 11.5 Å². The molecule has 3 aromatic rings. The molecular formula is C19H17ClN2O3S. The van der Waals surface area contributed by atoms with Crippen LogP contribution in [0.1, 0.15) is 5.56 Å². The Bertz CT molecular complexity index is 1060. The van der Waals surface area contributed by atoms with Gasteiger partial charge in [-0.1, -0.05) is 42.0 Å². The predicted octanol–water partition coefficient (Wildman–Crippen LogP) is 3.72. The molecule has 2 aromatic carbocycles. The first kappa shape index (κ1) is 18.2. The van der Waals surface area contributed by atoms with Gasteiger partial charge in [-0.2, -0.15) is 0 Å². The molecule has 0 unspecified atom stereocenters. The summed E-state index contributed by atoms with van der Waals surface area (Å²) in [6.07, 6.45) is 0. The lowest BCUT2D eigenvalue weighted by molar-refractivity contribution is 0.415. The number of methoxy groups -OCH3 is 1. The third-order valence-electron chi connectivity index (χ3n) is 4.30. The number of pyridine rings is 1. The molecule has 0 fully saturated rings. The molecule has 0 aliphatic carbocycles. The molecule has 0 amide bonds. The molecule has 1 aromatic heterocycles. The number of hydrogen-bond acceptors (Lipinski definition) is 4. The van der Waals surface area contributed by atoms with E-state index < -0.39 is 5.56 Å². The van der Waals surface area contributed by atoms with Crippen LogP contribution in [0.25, 0.3) is 10.9 Å². The van der Waals surface area contributed by atoms with Crippen LogP contribution in [-0.2, 0) is 7.05 Å². The van der Waals surface area contributed by atoms with Crippen LogP contribution >= 0.6 is 23.8 Å². The van der Waals surface area contributed by atoms with Crippen LogP contribution in [-0.4, -0.2) is 28.8 Å². The van der Waals surface area contributed by atoms with E-state index in [1.54, 1.807) is 31.1 Å². The van der Waals surface area contributed by atoms with Gasteiger partial charge in [0.15, 0.2) is 0 Å². The first-order valence-corrected chi connectivity index (χ1v) is 8.57. The number of anilines is 1. The Kier molecular flexibility index (Phi) is 4.89. The van der Waals surface area contributed by atoms with Crippen molar-refractivity contribution in [3.63, 3.8) is 0 Å². The average Bonchev–Trinajstić information content (AvgIpc) is 2.66. The number of fused-ring (bicyclic) bond motifs is 1. The molecule has 0 radical (unpaired) electrons. The van der Waals surface area contributed by atoms with Crippen molar-refractivity contribution < 1.29 is 9.84 Å². The number of ether oxygens (including phenoxy) is 1. The summed E-state index contributed by atoms with van der Waals surface area (Å²) in [5.41, 5.74) is 0.967. The number of aromatic hydroxyl groups is 1. The van der Waals surface area contributed by atoms with Crippen molar-refractivity contribution in [3.05, 3.63) is 63.4 Å². The molecule has 0 saturated heterocycles. The average molecular weight is 389 g/mol. The van der Waals surface area contributed by atoms with Crippen molar-refractivity contribution in [1.82, 2.24) is 4.57 Å². The predicted molar refractivity (Wildman–Crippen MR) is 109 cm³/mol. The lowest BCUT2D eigenvalue weighted by Crippen LogP contribution is -2.33. The summed E-state index contributed by atoms with van der Waals surface area (Å²) in [6, 6.07) is 12.6. The lowest BCUT2D eigenvalue weighted by Gasteiger charge is -2.22. The highest BCUT2D eigenvalue weighted by Crippen LogP contribution is 2.35. The van der Waals surface area contributed by atoms with Gasteiger partial charge in [-0.15, -0.1) is 0 Å². The number of benzene rings is 2. The summed E-state index contributed by atoms with van der Waals surface area (Å²) in [4.78, 5) is 14.8. The second kappa shape index (κ2) is 6.97. The van der Waals surface area contributed by atoms with E-state index in [2.05, 4.69) is 0 Å². The number of thiocarbonyl (C=S) groups is 1. The van der Waals surface area contributed by atoms with Crippen molar-refractivity contribution >= 4 is 45.4 Å². The minimum absolute atomic E-state index is 0.0609. The Morgan fingerprint density at radius 2 is 1.92 bits per heavy atom. The summed E-state index contributed by atoms with van der Waals surface area (Å²) >= 11 is 11.7. The van der Waals surface area contributed by atoms with E-state index in [0.717, 1.165) is 5.69 Å². The Morgan fingerprint density at radius 3 is 2.54 bits per heavy atom. The zero-order valence-electron chi connectivity index (χ0n) is 14.5. The summed E-state index contributed by atoms with van der Waals surface area (Å²) in [5.74, 6) is 0.215. The van der Waals surface area contributed by atoms with Gasteiger partial charge in [0.2, 0.25) is 0 Å². The van der Waals surface area contributed by atoms with Crippen LogP contribution in [0.2, 0.25) is 5.02 Å². The van der Waals surface area contributed by atoms with E-state index in [-0.39, 0.29) is 16.3 Å². The maximum absolute atomic E-state index is 12.9. The minimum atomic E-state index is -0.399. The molecule has 1 N–H and O–H groups in total. The number of nitrogens with zero attached hydrogens (tertiary/aromatic N) is 2. The van der Waals surface area contributed by atoms with Crippen molar-refractivity contribution in [1.29, 1.82) is 0 Å². The Labute approximate surface area is 161 Å². The summed E-state index contributed by atoms with van der Waals surface area (Å²) in [5, 5.41) is 11.6. The first-order valence-electron chi connectivity index (χ1n) is 7.79. The van der Waals surface area contributed by atoms with Gasteiger partial charge in [-0.25, -0.2) is 0 Å². The molecule has 5 nitrogen and oxygen atoms in total. The minimum Gasteiger partial charge on any atom is -0.506 e. The standard InChI is InChI=1S/C19H17ClN2O3S/c1-21(11-7-5-4-6-8-11)19(26)16-17(23)12-9-15(25-3)13(20)10-14(12)22(2)18(16)24/h4-10,23H,1-3H3. The number of aryl methyl sites for hydroxylation is 1.